The van der Waals surface area contributed by atoms with Gasteiger partial charge in [-0.25, -0.2) is 9.97 Å². The van der Waals surface area contributed by atoms with Gasteiger partial charge in [0.25, 0.3) is 5.91 Å². The van der Waals surface area contributed by atoms with E-state index in [9.17, 15) is 4.79 Å². The van der Waals surface area contributed by atoms with Gasteiger partial charge in [0.05, 0.1) is 0 Å². The first kappa shape index (κ1) is 12.4. The molecule has 2 fully saturated rings. The van der Waals surface area contributed by atoms with Gasteiger partial charge in [-0.1, -0.05) is 20.8 Å². The summed E-state index contributed by atoms with van der Waals surface area (Å²) < 4.78 is 0. The fourth-order valence-electron chi connectivity index (χ4n) is 2.96. The molecular formula is C14H20N4O. The highest BCUT2D eigenvalue weighted by Gasteiger charge is 2.57. The van der Waals surface area contributed by atoms with Crippen LogP contribution in [-0.4, -0.2) is 33.9 Å². The Kier molecular flexibility index (Phi) is 2.56. The molecule has 5 heteroatoms. The fourth-order valence-corrected chi connectivity index (χ4v) is 2.96. The van der Waals surface area contributed by atoms with E-state index < -0.39 is 0 Å². The quantitative estimate of drug-likeness (QED) is 0.877. The second-order valence-electron chi connectivity index (χ2n) is 6.43. The summed E-state index contributed by atoms with van der Waals surface area (Å²) >= 11 is 0. The third-order valence-corrected chi connectivity index (χ3v) is 4.39. The van der Waals surface area contributed by atoms with Gasteiger partial charge in [-0.2, -0.15) is 0 Å². The lowest BCUT2D eigenvalue weighted by molar-refractivity contribution is 0.0760. The molecule has 1 aliphatic heterocycles. The third-order valence-electron chi connectivity index (χ3n) is 4.39. The number of amides is 1. The summed E-state index contributed by atoms with van der Waals surface area (Å²) in [5.41, 5.74) is 7.32. The summed E-state index contributed by atoms with van der Waals surface area (Å²) in [6.45, 7) is 8.01. The maximum atomic E-state index is 12.5. The van der Waals surface area contributed by atoms with Gasteiger partial charge >= 0.3 is 0 Å². The van der Waals surface area contributed by atoms with E-state index in [2.05, 4.69) is 16.9 Å². The first-order chi connectivity index (χ1) is 8.89. The second kappa shape index (κ2) is 3.92. The van der Waals surface area contributed by atoms with Crippen LogP contribution in [0.25, 0.3) is 0 Å². The maximum Gasteiger partial charge on any atom is 0.272 e. The van der Waals surface area contributed by atoms with E-state index in [-0.39, 0.29) is 17.8 Å². The van der Waals surface area contributed by atoms with Crippen LogP contribution in [0.4, 0.5) is 5.95 Å². The Labute approximate surface area is 113 Å². The summed E-state index contributed by atoms with van der Waals surface area (Å²) in [4.78, 5) is 22.6. The molecule has 1 aromatic rings. The predicted octanol–water partition coefficient (Wildman–Crippen LogP) is 1.66. The van der Waals surface area contributed by atoms with E-state index in [4.69, 9.17) is 5.73 Å². The van der Waals surface area contributed by atoms with Crippen LogP contribution >= 0.6 is 0 Å². The van der Waals surface area contributed by atoms with Gasteiger partial charge in [0.15, 0.2) is 0 Å². The predicted molar refractivity (Wildman–Crippen MR) is 72.7 cm³/mol. The summed E-state index contributed by atoms with van der Waals surface area (Å²) in [5.74, 6) is 1.09. The second-order valence-corrected chi connectivity index (χ2v) is 6.43. The van der Waals surface area contributed by atoms with Crippen molar-refractivity contribution >= 4 is 11.9 Å². The summed E-state index contributed by atoms with van der Waals surface area (Å²) in [6.07, 6.45) is 1.25. The molecule has 1 saturated heterocycles. The number of hydrogen-bond donors (Lipinski definition) is 1. The van der Waals surface area contributed by atoms with Crippen molar-refractivity contribution in [3.63, 3.8) is 0 Å². The topological polar surface area (TPSA) is 72.1 Å². The Morgan fingerprint density at radius 1 is 1.53 bits per heavy atom. The Morgan fingerprint density at radius 3 is 2.84 bits per heavy atom. The van der Waals surface area contributed by atoms with Crippen LogP contribution in [0.1, 0.15) is 49.3 Å². The van der Waals surface area contributed by atoms with Crippen molar-refractivity contribution in [2.45, 2.75) is 33.1 Å². The lowest BCUT2D eigenvalue weighted by atomic mass is 10.1. The average molecular weight is 260 g/mol. The molecule has 0 bridgehead atoms. The highest BCUT2D eigenvalue weighted by Crippen LogP contribution is 2.57. The molecule has 3 rings (SSSR count). The van der Waals surface area contributed by atoms with Crippen molar-refractivity contribution in [1.29, 1.82) is 0 Å². The van der Waals surface area contributed by atoms with Gasteiger partial charge in [0.1, 0.15) is 5.69 Å². The first-order valence-corrected chi connectivity index (χ1v) is 6.83. The SMILES string of the molecule is CC(C)c1cc(C(=O)N2CC3CC3(C)C2)nc(N)n1. The lowest BCUT2D eigenvalue weighted by Crippen LogP contribution is -2.32. The lowest BCUT2D eigenvalue weighted by Gasteiger charge is -2.19. The van der Waals surface area contributed by atoms with Crippen LogP contribution in [-0.2, 0) is 0 Å². The van der Waals surface area contributed by atoms with Crippen molar-refractivity contribution in [1.82, 2.24) is 14.9 Å². The van der Waals surface area contributed by atoms with Crippen LogP contribution in [0.5, 0.6) is 0 Å². The molecule has 102 valence electrons. The molecule has 19 heavy (non-hydrogen) atoms. The molecule has 2 unspecified atom stereocenters. The van der Waals surface area contributed by atoms with E-state index in [1.54, 1.807) is 6.07 Å². The summed E-state index contributed by atoms with van der Waals surface area (Å²) in [5, 5.41) is 0. The minimum Gasteiger partial charge on any atom is -0.368 e. The number of hydrogen-bond acceptors (Lipinski definition) is 4. The van der Waals surface area contributed by atoms with Gasteiger partial charge in [0, 0.05) is 18.8 Å². The molecule has 1 saturated carbocycles. The molecule has 2 heterocycles. The zero-order valence-corrected chi connectivity index (χ0v) is 11.7. The van der Waals surface area contributed by atoms with E-state index in [0.717, 1.165) is 18.8 Å². The summed E-state index contributed by atoms with van der Waals surface area (Å²) in [7, 11) is 0. The van der Waals surface area contributed by atoms with Crippen molar-refractivity contribution < 1.29 is 4.79 Å². The van der Waals surface area contributed by atoms with Gasteiger partial charge in [-0.3, -0.25) is 4.79 Å². The van der Waals surface area contributed by atoms with Crippen molar-refractivity contribution in [2.24, 2.45) is 11.3 Å². The van der Waals surface area contributed by atoms with Crippen molar-refractivity contribution in [3.8, 4) is 0 Å². The van der Waals surface area contributed by atoms with Gasteiger partial charge in [0.2, 0.25) is 5.95 Å². The number of piperidine rings is 1. The Bertz CT molecular complexity index is 542. The molecule has 0 spiro atoms. The number of nitrogens with zero attached hydrogens (tertiary/aromatic N) is 3. The number of aromatic nitrogens is 2. The number of fused-ring (bicyclic) bond motifs is 1. The highest BCUT2D eigenvalue weighted by atomic mass is 16.2. The van der Waals surface area contributed by atoms with Crippen LogP contribution < -0.4 is 5.73 Å². The average Bonchev–Trinajstić information content (AvgIpc) is 2.85. The number of anilines is 1. The largest absolute Gasteiger partial charge is 0.368 e. The Hall–Kier alpha value is -1.65. The Balaban J connectivity index is 1.84. The molecule has 5 nitrogen and oxygen atoms in total. The molecule has 1 amide bonds. The molecule has 0 radical (unpaired) electrons. The molecule has 1 aliphatic carbocycles. The standard InChI is InChI=1S/C14H20N4O/c1-8(2)10-4-11(17-13(15)16-10)12(19)18-6-9-5-14(9,3)7-18/h4,8-9H,5-7H2,1-3H3,(H2,15,16,17). The molecule has 2 aliphatic rings. The van der Waals surface area contributed by atoms with Crippen LogP contribution in [0.15, 0.2) is 6.07 Å². The molecule has 2 N–H and O–H groups in total. The zero-order chi connectivity index (χ0) is 13.8. The zero-order valence-electron chi connectivity index (χ0n) is 11.7. The molecule has 1 aromatic heterocycles. The van der Waals surface area contributed by atoms with Gasteiger partial charge in [-0.15, -0.1) is 0 Å². The van der Waals surface area contributed by atoms with Gasteiger partial charge < -0.3 is 10.6 Å². The number of carbonyl (C=O) groups excluding carboxylic acids is 1. The normalized spacial score (nSPS) is 28.6. The van der Waals surface area contributed by atoms with E-state index in [1.165, 1.54) is 6.42 Å². The van der Waals surface area contributed by atoms with E-state index in [0.29, 0.717) is 17.0 Å². The number of nitrogens with two attached hydrogens (primary N) is 1. The fraction of sp³-hybridized carbons (Fsp3) is 0.643. The van der Waals surface area contributed by atoms with Gasteiger partial charge in [-0.05, 0) is 29.7 Å². The smallest absolute Gasteiger partial charge is 0.272 e. The minimum atomic E-state index is -0.00979. The van der Waals surface area contributed by atoms with Crippen LogP contribution in [0.2, 0.25) is 0 Å². The van der Waals surface area contributed by atoms with Crippen LogP contribution in [0.3, 0.4) is 0 Å². The number of nitrogen functional groups attached to an aromatic ring is 1. The third kappa shape index (κ3) is 2.07. The summed E-state index contributed by atoms with van der Waals surface area (Å²) in [6, 6.07) is 1.77. The van der Waals surface area contributed by atoms with E-state index in [1.807, 2.05) is 18.7 Å². The van der Waals surface area contributed by atoms with Crippen molar-refractivity contribution in [3.05, 3.63) is 17.5 Å². The number of rotatable bonds is 2. The molecule has 0 aromatic carbocycles. The maximum absolute atomic E-state index is 12.5. The van der Waals surface area contributed by atoms with Crippen LogP contribution in [0, 0.1) is 11.3 Å². The Morgan fingerprint density at radius 2 is 2.26 bits per heavy atom. The first-order valence-electron chi connectivity index (χ1n) is 6.83. The minimum absolute atomic E-state index is 0.00979. The van der Waals surface area contributed by atoms with Crippen molar-refractivity contribution in [2.75, 3.05) is 18.8 Å². The monoisotopic (exact) mass is 260 g/mol. The highest BCUT2D eigenvalue weighted by molar-refractivity contribution is 5.93. The number of likely N-dealkylation sites (tertiary alicyclic amines) is 1. The molecule has 2 atom stereocenters. The molecular weight excluding hydrogens is 240 g/mol. The van der Waals surface area contributed by atoms with E-state index >= 15 is 0 Å². The number of carbonyl (C=O) groups is 1.